The zero-order valence-corrected chi connectivity index (χ0v) is 20.6. The largest absolute Gasteiger partial charge is 0.452 e. The molecule has 2 aromatic carbocycles. The molecule has 2 aromatic heterocycles. The van der Waals surface area contributed by atoms with Crippen molar-refractivity contribution in [3.63, 3.8) is 0 Å². The van der Waals surface area contributed by atoms with Crippen LogP contribution in [0.2, 0.25) is 0 Å². The lowest BCUT2D eigenvalue weighted by Gasteiger charge is -2.17. The van der Waals surface area contributed by atoms with Crippen LogP contribution < -0.4 is 5.32 Å². The Morgan fingerprint density at radius 2 is 1.72 bits per heavy atom. The molecule has 0 aliphatic rings. The Hall–Kier alpha value is -4.53. The molecule has 0 saturated heterocycles. The Balaban J connectivity index is 1.45. The van der Waals surface area contributed by atoms with E-state index in [1.807, 2.05) is 49.4 Å². The average molecular weight is 486 g/mol. The number of hydrogen-bond donors (Lipinski definition) is 1. The van der Waals surface area contributed by atoms with Gasteiger partial charge in [0.1, 0.15) is 0 Å². The highest BCUT2D eigenvalue weighted by molar-refractivity contribution is 6.05. The summed E-state index contributed by atoms with van der Waals surface area (Å²) in [6, 6.07) is 18.5. The van der Waals surface area contributed by atoms with Gasteiger partial charge in [-0.25, -0.2) is 9.78 Å². The maximum absolute atomic E-state index is 13.1. The van der Waals surface area contributed by atoms with Crippen LogP contribution in [0.1, 0.15) is 21.6 Å². The van der Waals surface area contributed by atoms with Crippen LogP contribution in [0.4, 0.5) is 5.69 Å². The van der Waals surface area contributed by atoms with E-state index in [0.717, 1.165) is 11.1 Å². The van der Waals surface area contributed by atoms with Gasteiger partial charge in [0, 0.05) is 25.3 Å². The predicted molar refractivity (Wildman–Crippen MR) is 136 cm³/mol. The van der Waals surface area contributed by atoms with Crippen LogP contribution in [-0.4, -0.2) is 57.6 Å². The van der Waals surface area contributed by atoms with Crippen molar-refractivity contribution >= 4 is 34.5 Å². The van der Waals surface area contributed by atoms with Crippen LogP contribution in [0.5, 0.6) is 0 Å². The van der Waals surface area contributed by atoms with E-state index in [4.69, 9.17) is 4.74 Å². The van der Waals surface area contributed by atoms with Crippen molar-refractivity contribution in [3.8, 4) is 11.3 Å². The van der Waals surface area contributed by atoms with Crippen molar-refractivity contribution in [3.05, 3.63) is 77.5 Å². The molecule has 9 nitrogen and oxygen atoms in total. The van der Waals surface area contributed by atoms with E-state index in [1.54, 1.807) is 36.9 Å². The average Bonchev–Trinajstić information content (AvgIpc) is 3.16. The molecule has 0 atom stereocenters. The second kappa shape index (κ2) is 10.4. The van der Waals surface area contributed by atoms with Gasteiger partial charge in [-0.15, -0.1) is 0 Å². The molecular formula is C27H27N5O4. The van der Waals surface area contributed by atoms with Crippen LogP contribution in [0, 0.1) is 13.8 Å². The number of hydrogen-bond acceptors (Lipinski definition) is 6. The molecule has 36 heavy (non-hydrogen) atoms. The third-order valence-corrected chi connectivity index (χ3v) is 5.73. The second-order valence-electron chi connectivity index (χ2n) is 8.57. The number of nitrogens with zero attached hydrogens (tertiary/aromatic N) is 4. The van der Waals surface area contributed by atoms with Gasteiger partial charge >= 0.3 is 5.97 Å². The third kappa shape index (κ3) is 5.41. The van der Waals surface area contributed by atoms with Gasteiger partial charge in [-0.3, -0.25) is 14.3 Å². The normalized spacial score (nSPS) is 10.8. The quantitative estimate of drug-likeness (QED) is 0.402. The number of carbonyl (C=O) groups is 3. The number of esters is 1. The molecule has 0 aliphatic heterocycles. The second-order valence-corrected chi connectivity index (χ2v) is 8.57. The molecular weight excluding hydrogens is 458 g/mol. The molecule has 4 aromatic rings. The molecule has 0 spiro atoms. The van der Waals surface area contributed by atoms with Gasteiger partial charge in [0.15, 0.2) is 12.3 Å². The van der Waals surface area contributed by atoms with Crippen LogP contribution >= 0.6 is 0 Å². The highest BCUT2D eigenvalue weighted by Crippen LogP contribution is 2.27. The van der Waals surface area contributed by atoms with Crippen molar-refractivity contribution < 1.29 is 19.1 Å². The predicted octanol–water partition coefficient (Wildman–Crippen LogP) is 3.51. The molecule has 1 N–H and O–H groups in total. The molecule has 4 rings (SSSR count). The summed E-state index contributed by atoms with van der Waals surface area (Å²) >= 11 is 0. The molecule has 184 valence electrons. The summed E-state index contributed by atoms with van der Waals surface area (Å²) in [7, 11) is 3.24. The fraction of sp³-hybridized carbons (Fsp3) is 0.222. The minimum Gasteiger partial charge on any atom is -0.452 e. The SMILES string of the molecule is Cc1ccc(NC(=O)CN(C)C(=O)COC(=O)c2cc(-c3ccccc3)nc3c2c(C)nn3C)cc1. The van der Waals surface area contributed by atoms with E-state index in [1.165, 1.54) is 11.9 Å². The van der Waals surface area contributed by atoms with Gasteiger partial charge in [0.25, 0.3) is 5.91 Å². The molecule has 9 heteroatoms. The first-order chi connectivity index (χ1) is 17.2. The number of amides is 2. The molecule has 0 aliphatic carbocycles. The minimum absolute atomic E-state index is 0.177. The number of anilines is 1. The van der Waals surface area contributed by atoms with Crippen molar-refractivity contribution in [1.29, 1.82) is 0 Å². The first kappa shape index (κ1) is 24.6. The maximum atomic E-state index is 13.1. The summed E-state index contributed by atoms with van der Waals surface area (Å²) in [5.41, 5.74) is 4.58. The summed E-state index contributed by atoms with van der Waals surface area (Å²) in [6.07, 6.45) is 0. The van der Waals surface area contributed by atoms with E-state index in [2.05, 4.69) is 15.4 Å². The summed E-state index contributed by atoms with van der Waals surface area (Å²) in [5.74, 6) is -1.52. The number of carbonyl (C=O) groups excluding carboxylic acids is 3. The number of aromatic nitrogens is 3. The van der Waals surface area contributed by atoms with Gasteiger partial charge in [0.05, 0.1) is 28.9 Å². The summed E-state index contributed by atoms with van der Waals surface area (Å²) in [6.45, 7) is 3.06. The van der Waals surface area contributed by atoms with Crippen molar-refractivity contribution in [2.45, 2.75) is 13.8 Å². The van der Waals surface area contributed by atoms with Gasteiger partial charge in [-0.2, -0.15) is 5.10 Å². The molecule has 2 amide bonds. The van der Waals surface area contributed by atoms with Crippen LogP contribution in [0.15, 0.2) is 60.7 Å². The van der Waals surface area contributed by atoms with Gasteiger partial charge < -0.3 is 15.0 Å². The third-order valence-electron chi connectivity index (χ3n) is 5.73. The van der Waals surface area contributed by atoms with Crippen molar-refractivity contribution in [1.82, 2.24) is 19.7 Å². The first-order valence-electron chi connectivity index (χ1n) is 11.4. The number of aryl methyl sites for hydroxylation is 3. The number of rotatable bonds is 7. The van der Waals surface area contributed by atoms with E-state index < -0.39 is 18.5 Å². The van der Waals surface area contributed by atoms with Crippen LogP contribution in [-0.2, 0) is 21.4 Å². The van der Waals surface area contributed by atoms with Crippen LogP contribution in [0.25, 0.3) is 22.3 Å². The van der Waals surface area contributed by atoms with E-state index in [-0.39, 0.29) is 18.0 Å². The minimum atomic E-state index is -0.665. The lowest BCUT2D eigenvalue weighted by atomic mass is 10.1. The topological polar surface area (TPSA) is 106 Å². The highest BCUT2D eigenvalue weighted by Gasteiger charge is 2.22. The summed E-state index contributed by atoms with van der Waals surface area (Å²) < 4.78 is 6.97. The summed E-state index contributed by atoms with van der Waals surface area (Å²) in [5, 5.41) is 7.70. The molecule has 0 saturated carbocycles. The highest BCUT2D eigenvalue weighted by atomic mass is 16.5. The van der Waals surface area contributed by atoms with Gasteiger partial charge in [0.2, 0.25) is 5.91 Å². The molecule has 0 radical (unpaired) electrons. The Kier molecular flexibility index (Phi) is 7.10. The fourth-order valence-electron chi connectivity index (χ4n) is 3.82. The fourth-order valence-corrected chi connectivity index (χ4v) is 3.82. The van der Waals surface area contributed by atoms with E-state index in [0.29, 0.717) is 28.1 Å². The van der Waals surface area contributed by atoms with E-state index >= 15 is 0 Å². The van der Waals surface area contributed by atoms with Crippen molar-refractivity contribution in [2.75, 3.05) is 25.5 Å². The molecule has 0 fully saturated rings. The van der Waals surface area contributed by atoms with Gasteiger partial charge in [-0.1, -0.05) is 48.0 Å². The monoisotopic (exact) mass is 485 g/mol. The number of likely N-dealkylation sites (N-methyl/N-ethyl adjacent to an activating group) is 1. The molecule has 2 heterocycles. The Morgan fingerprint density at radius 3 is 2.42 bits per heavy atom. The zero-order chi connectivity index (χ0) is 25.8. The smallest absolute Gasteiger partial charge is 0.339 e. The van der Waals surface area contributed by atoms with Crippen LogP contribution in [0.3, 0.4) is 0 Å². The molecule has 0 unspecified atom stereocenters. The van der Waals surface area contributed by atoms with E-state index in [9.17, 15) is 14.4 Å². The number of ether oxygens (including phenoxy) is 1. The lowest BCUT2D eigenvalue weighted by Crippen LogP contribution is -2.37. The zero-order valence-electron chi connectivity index (χ0n) is 20.6. The lowest BCUT2D eigenvalue weighted by molar-refractivity contribution is -0.136. The standard InChI is InChI=1S/C27H27N5O4/c1-17-10-12-20(13-11-17)28-23(33)15-31(3)24(34)16-36-27(35)21-14-22(19-8-6-5-7-9-19)29-26-25(21)18(2)30-32(26)4/h5-14H,15-16H2,1-4H3,(H,28,33). The number of pyridine rings is 1. The Morgan fingerprint density at radius 1 is 1.03 bits per heavy atom. The Bertz CT molecular complexity index is 1430. The van der Waals surface area contributed by atoms with Gasteiger partial charge in [-0.05, 0) is 32.0 Å². The summed E-state index contributed by atoms with van der Waals surface area (Å²) in [4.78, 5) is 43.8. The number of benzene rings is 2. The molecule has 0 bridgehead atoms. The number of nitrogens with one attached hydrogen (secondary N) is 1. The first-order valence-corrected chi connectivity index (χ1v) is 11.4. The number of fused-ring (bicyclic) bond motifs is 1. The van der Waals surface area contributed by atoms with Crippen molar-refractivity contribution in [2.24, 2.45) is 7.05 Å². The Labute approximate surface area is 208 Å². The maximum Gasteiger partial charge on any atom is 0.339 e.